The molecule has 1 N–H and O–H groups in total. The van der Waals surface area contributed by atoms with E-state index in [1.165, 1.54) is 11.0 Å². The summed E-state index contributed by atoms with van der Waals surface area (Å²) in [6.07, 6.45) is -8.83. The lowest BCUT2D eigenvalue weighted by atomic mass is 9.73. The summed E-state index contributed by atoms with van der Waals surface area (Å²) in [5.74, 6) is 0. The fraction of sp³-hybridized carbons (Fsp3) is 0.435. The molecule has 2 aromatic rings. The molecule has 0 unspecified atom stereocenters. The number of hydrogen-bond donors (Lipinski definition) is 1. The maximum atomic E-state index is 13.9. The van der Waals surface area contributed by atoms with Crippen LogP contribution in [0.2, 0.25) is 0 Å². The van der Waals surface area contributed by atoms with E-state index in [-0.39, 0.29) is 12.2 Å². The van der Waals surface area contributed by atoms with Crippen LogP contribution in [0, 0.1) is 12.3 Å². The first-order valence-electron chi connectivity index (χ1n) is 10.3. The zero-order valence-corrected chi connectivity index (χ0v) is 17.3. The number of alkyl halides is 6. The maximum Gasteiger partial charge on any atom is 0.416 e. The highest BCUT2D eigenvalue weighted by Gasteiger charge is 2.69. The number of likely N-dealkylation sites (tertiary alicyclic amines) is 1. The molecule has 1 heterocycles. The van der Waals surface area contributed by atoms with Crippen molar-refractivity contribution >= 4 is 11.7 Å². The Kier molecular flexibility index (Phi) is 5.21. The number of benzene rings is 2. The van der Waals surface area contributed by atoms with Crippen LogP contribution < -0.4 is 5.32 Å². The van der Waals surface area contributed by atoms with Gasteiger partial charge in [-0.3, -0.25) is 0 Å². The third-order valence-electron chi connectivity index (χ3n) is 6.64. The average molecular weight is 456 g/mol. The molecule has 2 amide bonds. The van der Waals surface area contributed by atoms with Crippen molar-refractivity contribution in [1.29, 1.82) is 0 Å². The van der Waals surface area contributed by atoms with Gasteiger partial charge in [0, 0.05) is 17.6 Å². The monoisotopic (exact) mass is 456 g/mol. The van der Waals surface area contributed by atoms with Crippen molar-refractivity contribution in [2.75, 3.05) is 11.9 Å². The molecule has 2 aliphatic rings. The third-order valence-corrected chi connectivity index (χ3v) is 6.64. The Morgan fingerprint density at radius 2 is 1.69 bits per heavy atom. The lowest BCUT2D eigenvalue weighted by molar-refractivity contribution is -0.165. The Balaban J connectivity index is 1.74. The van der Waals surface area contributed by atoms with Crippen LogP contribution in [0.5, 0.6) is 0 Å². The molecule has 1 spiro atoms. The number of urea groups is 1. The van der Waals surface area contributed by atoms with E-state index in [1.54, 1.807) is 31.2 Å². The number of anilines is 1. The summed E-state index contributed by atoms with van der Waals surface area (Å²) in [6, 6.07) is 9.95. The number of halogens is 6. The Labute approximate surface area is 181 Å². The van der Waals surface area contributed by atoms with Gasteiger partial charge in [0.05, 0.1) is 17.5 Å². The van der Waals surface area contributed by atoms with E-state index in [1.807, 2.05) is 0 Å². The van der Waals surface area contributed by atoms with Crippen LogP contribution in [0.1, 0.15) is 42.4 Å². The van der Waals surface area contributed by atoms with Crippen LogP contribution in [0.15, 0.2) is 48.5 Å². The molecule has 1 aliphatic heterocycles. The minimum Gasteiger partial charge on any atom is -0.314 e. The Bertz CT molecular complexity index is 1030. The Hall–Kier alpha value is -2.71. The molecule has 4 rings (SSSR count). The molecule has 3 nitrogen and oxygen atoms in total. The van der Waals surface area contributed by atoms with Crippen molar-refractivity contribution in [2.24, 2.45) is 5.41 Å². The minimum absolute atomic E-state index is 0.0921. The van der Waals surface area contributed by atoms with Crippen molar-refractivity contribution in [2.45, 2.75) is 50.5 Å². The van der Waals surface area contributed by atoms with Crippen molar-refractivity contribution in [1.82, 2.24) is 4.90 Å². The van der Waals surface area contributed by atoms with Gasteiger partial charge < -0.3 is 10.2 Å². The van der Waals surface area contributed by atoms with Gasteiger partial charge in [-0.1, -0.05) is 35.9 Å². The number of amides is 2. The summed E-state index contributed by atoms with van der Waals surface area (Å²) in [5, 5.41) is 2.41. The minimum atomic E-state index is -4.60. The quantitative estimate of drug-likeness (QED) is 0.502. The summed E-state index contributed by atoms with van der Waals surface area (Å²) < 4.78 is 80.7. The summed E-state index contributed by atoms with van der Waals surface area (Å²) in [7, 11) is 0. The van der Waals surface area contributed by atoms with Gasteiger partial charge >= 0.3 is 18.4 Å². The number of rotatable bonds is 3. The van der Waals surface area contributed by atoms with Gasteiger partial charge in [0.15, 0.2) is 0 Å². The van der Waals surface area contributed by atoms with Crippen molar-refractivity contribution in [3.63, 3.8) is 0 Å². The molecule has 0 aromatic heterocycles. The van der Waals surface area contributed by atoms with Gasteiger partial charge in [0.2, 0.25) is 0 Å². The van der Waals surface area contributed by atoms with E-state index >= 15 is 0 Å². The summed E-state index contributed by atoms with van der Waals surface area (Å²) in [5.41, 5.74) is -2.19. The van der Waals surface area contributed by atoms with Gasteiger partial charge in [-0.2, -0.15) is 26.3 Å². The first kappa shape index (κ1) is 22.5. The summed E-state index contributed by atoms with van der Waals surface area (Å²) >= 11 is 0. The van der Waals surface area contributed by atoms with E-state index in [4.69, 9.17) is 0 Å². The topological polar surface area (TPSA) is 32.3 Å². The standard InChI is InChI=1S/C23H22F6N2O/c1-15-4-2-5-16(12-15)21(14-22(24,25)26)20(8-9-20)10-11-31(21)19(32)30-18-7-3-6-17(13-18)23(27,28)29/h2-7,12-13H,8-11,14H2,1H3,(H,30,32)/t21-/m1/s1. The van der Waals surface area contributed by atoms with E-state index in [9.17, 15) is 31.1 Å². The van der Waals surface area contributed by atoms with Crippen LogP contribution >= 0.6 is 0 Å². The van der Waals surface area contributed by atoms with Crippen LogP contribution in [0.4, 0.5) is 36.8 Å². The van der Waals surface area contributed by atoms with E-state index < -0.39 is 41.3 Å². The number of nitrogens with zero attached hydrogens (tertiary/aromatic N) is 1. The second kappa shape index (κ2) is 7.42. The highest BCUT2D eigenvalue weighted by Crippen LogP contribution is 2.69. The third kappa shape index (κ3) is 3.93. The van der Waals surface area contributed by atoms with Crippen molar-refractivity contribution in [3.8, 4) is 0 Å². The summed E-state index contributed by atoms with van der Waals surface area (Å²) in [4.78, 5) is 14.4. The first-order chi connectivity index (χ1) is 14.9. The maximum absolute atomic E-state index is 13.9. The first-order valence-corrected chi connectivity index (χ1v) is 10.3. The molecule has 1 atom stereocenters. The van der Waals surface area contributed by atoms with Gasteiger partial charge in [-0.15, -0.1) is 0 Å². The van der Waals surface area contributed by atoms with Gasteiger partial charge in [0.25, 0.3) is 0 Å². The molecular weight excluding hydrogens is 434 g/mol. The molecular formula is C23H22F6N2O. The molecule has 1 saturated carbocycles. The number of nitrogens with one attached hydrogen (secondary N) is 1. The highest BCUT2D eigenvalue weighted by molar-refractivity contribution is 5.90. The Morgan fingerprint density at radius 1 is 1.00 bits per heavy atom. The van der Waals surface area contributed by atoms with Gasteiger partial charge in [-0.05, 0) is 49.9 Å². The predicted octanol–water partition coefficient (Wildman–Crippen LogP) is 6.88. The normalized spacial score (nSPS) is 22.3. The lowest BCUT2D eigenvalue weighted by Crippen LogP contribution is -2.53. The molecule has 0 radical (unpaired) electrons. The number of aryl methyl sites for hydroxylation is 1. The largest absolute Gasteiger partial charge is 0.416 e. The Morgan fingerprint density at radius 3 is 2.28 bits per heavy atom. The van der Waals surface area contributed by atoms with Crippen LogP contribution in [-0.2, 0) is 11.7 Å². The van der Waals surface area contributed by atoms with Gasteiger partial charge in [-0.25, -0.2) is 4.79 Å². The number of carbonyl (C=O) groups is 1. The second-order valence-electron chi connectivity index (χ2n) is 8.71. The average Bonchev–Trinajstić information content (AvgIpc) is 3.40. The molecule has 1 saturated heterocycles. The smallest absolute Gasteiger partial charge is 0.314 e. The lowest BCUT2D eigenvalue weighted by Gasteiger charge is -2.44. The molecule has 9 heteroatoms. The van der Waals surface area contributed by atoms with E-state index in [0.29, 0.717) is 24.8 Å². The van der Waals surface area contributed by atoms with E-state index in [0.717, 1.165) is 23.8 Å². The van der Waals surface area contributed by atoms with Gasteiger partial charge in [0.1, 0.15) is 0 Å². The highest BCUT2D eigenvalue weighted by atomic mass is 19.4. The fourth-order valence-corrected chi connectivity index (χ4v) is 5.10. The van der Waals surface area contributed by atoms with Crippen LogP contribution in [-0.4, -0.2) is 23.7 Å². The van der Waals surface area contributed by atoms with Crippen LogP contribution in [0.25, 0.3) is 0 Å². The van der Waals surface area contributed by atoms with Crippen molar-refractivity contribution in [3.05, 3.63) is 65.2 Å². The SMILES string of the molecule is Cc1cccc([C@@]2(CC(F)(F)F)N(C(=O)Nc3cccc(C(F)(F)F)c3)CCC23CC3)c1. The molecule has 1 aliphatic carbocycles. The number of carbonyl (C=O) groups excluding carboxylic acids is 1. The van der Waals surface area contributed by atoms with Crippen molar-refractivity contribution < 1.29 is 31.1 Å². The van der Waals surface area contributed by atoms with Crippen LogP contribution in [0.3, 0.4) is 0 Å². The molecule has 2 fully saturated rings. The predicted molar refractivity (Wildman–Crippen MR) is 107 cm³/mol. The summed E-state index contributed by atoms with van der Waals surface area (Å²) in [6.45, 7) is 1.86. The molecule has 32 heavy (non-hydrogen) atoms. The second-order valence-corrected chi connectivity index (χ2v) is 8.71. The number of hydrogen-bond acceptors (Lipinski definition) is 1. The molecule has 2 aromatic carbocycles. The molecule has 0 bridgehead atoms. The van der Waals surface area contributed by atoms with E-state index in [2.05, 4.69) is 5.32 Å². The zero-order valence-electron chi connectivity index (χ0n) is 17.3. The fourth-order valence-electron chi connectivity index (χ4n) is 5.10. The zero-order chi connectivity index (χ0) is 23.4. The molecule has 172 valence electrons.